The molecule has 7 nitrogen and oxygen atoms in total. The molecule has 2 aromatic heterocycles. The average Bonchev–Trinajstić information content (AvgIpc) is 3.24. The molecule has 0 atom stereocenters. The van der Waals surface area contributed by atoms with Gasteiger partial charge in [-0.25, -0.2) is 9.48 Å². The molecule has 0 radical (unpaired) electrons. The van der Waals surface area contributed by atoms with Crippen LogP contribution < -0.4 is 0 Å². The lowest BCUT2D eigenvalue weighted by Crippen LogP contribution is -2.14. The number of hydrogen-bond donors (Lipinski definition) is 0. The largest absolute Gasteiger partial charge is 0.454 e. The van der Waals surface area contributed by atoms with Gasteiger partial charge in [-0.05, 0) is 52.0 Å². The lowest BCUT2D eigenvalue weighted by atomic mass is 10.1. The number of para-hydroxylation sites is 1. The number of aromatic nitrogens is 3. The molecule has 32 heavy (non-hydrogen) atoms. The minimum atomic E-state index is -0.571. The number of aryl methyl sites for hydroxylation is 2. The third-order valence-electron chi connectivity index (χ3n) is 5.47. The highest BCUT2D eigenvalue weighted by Gasteiger charge is 2.17. The first-order valence-electron chi connectivity index (χ1n) is 10.5. The highest BCUT2D eigenvalue weighted by Crippen LogP contribution is 2.19. The number of hydrogen-bond acceptors (Lipinski definition) is 5. The highest BCUT2D eigenvalue weighted by atomic mass is 16.5. The Hall–Kier alpha value is -3.45. The van der Waals surface area contributed by atoms with Crippen LogP contribution in [0.25, 0.3) is 11.8 Å². The number of ketones is 1. The molecule has 0 amide bonds. The molecule has 3 rings (SSSR count). The number of methoxy groups -OCH3 is 1. The zero-order valence-corrected chi connectivity index (χ0v) is 19.2. The van der Waals surface area contributed by atoms with Gasteiger partial charge in [-0.2, -0.15) is 5.10 Å². The zero-order chi connectivity index (χ0) is 23.3. The molecule has 0 saturated carbocycles. The predicted octanol–water partition coefficient (Wildman–Crippen LogP) is 3.99. The van der Waals surface area contributed by atoms with Crippen molar-refractivity contribution in [2.24, 2.45) is 0 Å². The van der Waals surface area contributed by atoms with Gasteiger partial charge in [-0.3, -0.25) is 4.79 Å². The summed E-state index contributed by atoms with van der Waals surface area (Å²) in [5.74, 6) is -0.800. The molecule has 0 aliphatic rings. The first-order valence-corrected chi connectivity index (χ1v) is 10.5. The number of rotatable bonds is 9. The normalized spacial score (nSPS) is 11.3. The molecule has 7 heteroatoms. The van der Waals surface area contributed by atoms with Gasteiger partial charge in [0.15, 0.2) is 6.61 Å². The van der Waals surface area contributed by atoms with Crippen molar-refractivity contribution in [2.45, 2.75) is 34.2 Å². The van der Waals surface area contributed by atoms with E-state index >= 15 is 0 Å². The van der Waals surface area contributed by atoms with Gasteiger partial charge < -0.3 is 14.0 Å². The third-order valence-corrected chi connectivity index (χ3v) is 5.47. The molecule has 0 aliphatic heterocycles. The first-order chi connectivity index (χ1) is 15.3. The maximum Gasteiger partial charge on any atom is 0.331 e. The van der Waals surface area contributed by atoms with E-state index in [0.29, 0.717) is 18.7 Å². The van der Waals surface area contributed by atoms with E-state index in [2.05, 4.69) is 5.10 Å². The number of carbonyl (C=O) groups excluding carboxylic acids is 2. The second kappa shape index (κ2) is 10.2. The van der Waals surface area contributed by atoms with Crippen molar-refractivity contribution in [2.75, 3.05) is 20.3 Å². The van der Waals surface area contributed by atoms with E-state index in [1.54, 1.807) is 13.2 Å². The van der Waals surface area contributed by atoms with Gasteiger partial charge in [0.25, 0.3) is 0 Å². The number of carbonyl (C=O) groups is 2. The van der Waals surface area contributed by atoms with Gasteiger partial charge in [0, 0.05) is 47.9 Å². The smallest absolute Gasteiger partial charge is 0.331 e. The Labute approximate surface area is 188 Å². The Morgan fingerprint density at radius 3 is 2.47 bits per heavy atom. The molecule has 0 saturated heterocycles. The summed E-state index contributed by atoms with van der Waals surface area (Å²) in [5, 5.41) is 4.56. The summed E-state index contributed by atoms with van der Waals surface area (Å²) in [7, 11) is 1.64. The molecule has 0 spiro atoms. The fourth-order valence-corrected chi connectivity index (χ4v) is 3.74. The number of ether oxygens (including phenoxy) is 2. The van der Waals surface area contributed by atoms with E-state index in [0.717, 1.165) is 34.0 Å². The standard InChI is InChI=1S/C25H29N3O4/c1-17-15-23(19(3)27(17)13-14-31-5)24(29)16-32-25(30)12-11-22-18(2)26-28(20(22)4)21-9-7-6-8-10-21/h6-12,15H,13-14,16H2,1-5H3/b12-11+. The second-order valence-electron chi connectivity index (χ2n) is 7.63. The fourth-order valence-electron chi connectivity index (χ4n) is 3.74. The topological polar surface area (TPSA) is 75.3 Å². The Kier molecular flexibility index (Phi) is 7.43. The molecular formula is C25H29N3O4. The Morgan fingerprint density at radius 2 is 1.78 bits per heavy atom. The molecule has 0 fully saturated rings. The quantitative estimate of drug-likeness (QED) is 0.289. The summed E-state index contributed by atoms with van der Waals surface area (Å²) < 4.78 is 14.2. The van der Waals surface area contributed by atoms with Gasteiger partial charge >= 0.3 is 5.97 Å². The molecule has 3 aromatic rings. The van der Waals surface area contributed by atoms with E-state index in [1.807, 2.05) is 73.3 Å². The van der Waals surface area contributed by atoms with Gasteiger partial charge in [0.2, 0.25) is 5.78 Å². The zero-order valence-electron chi connectivity index (χ0n) is 19.2. The number of esters is 1. The molecule has 0 N–H and O–H groups in total. The van der Waals surface area contributed by atoms with Gasteiger partial charge in [-0.15, -0.1) is 0 Å². The number of Topliss-reactive ketones (excluding diaryl/α,β-unsaturated/α-hetero) is 1. The predicted molar refractivity (Wildman–Crippen MR) is 123 cm³/mol. The van der Waals surface area contributed by atoms with Crippen LogP contribution in [0, 0.1) is 27.7 Å². The van der Waals surface area contributed by atoms with E-state index < -0.39 is 5.97 Å². The second-order valence-corrected chi connectivity index (χ2v) is 7.63. The Balaban J connectivity index is 1.65. The van der Waals surface area contributed by atoms with Crippen molar-refractivity contribution in [3.8, 4) is 5.69 Å². The van der Waals surface area contributed by atoms with Crippen molar-refractivity contribution in [3.63, 3.8) is 0 Å². The fraction of sp³-hybridized carbons (Fsp3) is 0.320. The SMILES string of the molecule is COCCn1c(C)cc(C(=O)COC(=O)/C=C/c2c(C)nn(-c3ccccc3)c2C)c1C. The maximum absolute atomic E-state index is 12.6. The summed E-state index contributed by atoms with van der Waals surface area (Å²) in [6, 6.07) is 11.6. The molecule has 0 unspecified atom stereocenters. The van der Waals surface area contributed by atoms with E-state index in [1.165, 1.54) is 6.08 Å². The molecule has 0 aliphatic carbocycles. The monoisotopic (exact) mass is 435 g/mol. The first kappa shape index (κ1) is 23.2. The summed E-state index contributed by atoms with van der Waals surface area (Å²) in [6.45, 7) is 8.57. The average molecular weight is 436 g/mol. The summed E-state index contributed by atoms with van der Waals surface area (Å²) >= 11 is 0. The number of benzene rings is 1. The van der Waals surface area contributed by atoms with Crippen molar-refractivity contribution in [1.82, 2.24) is 14.3 Å². The lowest BCUT2D eigenvalue weighted by molar-refractivity contribution is -0.136. The van der Waals surface area contributed by atoms with Gasteiger partial charge in [0.1, 0.15) is 0 Å². The molecule has 168 valence electrons. The van der Waals surface area contributed by atoms with Crippen LogP contribution in [0.15, 0.2) is 42.5 Å². The van der Waals surface area contributed by atoms with Crippen molar-refractivity contribution < 1.29 is 19.1 Å². The van der Waals surface area contributed by atoms with Crippen LogP contribution in [-0.2, 0) is 20.8 Å². The van der Waals surface area contributed by atoms with Crippen LogP contribution >= 0.6 is 0 Å². The summed E-state index contributed by atoms with van der Waals surface area (Å²) in [5.41, 5.74) is 5.88. The maximum atomic E-state index is 12.6. The summed E-state index contributed by atoms with van der Waals surface area (Å²) in [4.78, 5) is 24.8. The highest BCUT2D eigenvalue weighted by molar-refractivity contribution is 6.00. The van der Waals surface area contributed by atoms with Crippen LogP contribution in [-0.4, -0.2) is 46.4 Å². The molecule has 2 heterocycles. The van der Waals surface area contributed by atoms with E-state index in [-0.39, 0.29) is 12.4 Å². The van der Waals surface area contributed by atoms with Crippen molar-refractivity contribution >= 4 is 17.8 Å². The van der Waals surface area contributed by atoms with Crippen LogP contribution in [0.5, 0.6) is 0 Å². The van der Waals surface area contributed by atoms with E-state index in [4.69, 9.17) is 9.47 Å². The number of nitrogens with zero attached hydrogens (tertiary/aromatic N) is 3. The van der Waals surface area contributed by atoms with E-state index in [9.17, 15) is 9.59 Å². The molecule has 1 aromatic carbocycles. The van der Waals surface area contributed by atoms with Crippen LogP contribution in [0.4, 0.5) is 0 Å². The molecule has 0 bridgehead atoms. The summed E-state index contributed by atoms with van der Waals surface area (Å²) in [6.07, 6.45) is 3.02. The third kappa shape index (κ3) is 5.06. The van der Waals surface area contributed by atoms with Crippen molar-refractivity contribution in [3.05, 3.63) is 76.4 Å². The van der Waals surface area contributed by atoms with Crippen LogP contribution in [0.1, 0.15) is 38.7 Å². The Morgan fingerprint density at radius 1 is 1.06 bits per heavy atom. The van der Waals surface area contributed by atoms with Crippen LogP contribution in [0.2, 0.25) is 0 Å². The van der Waals surface area contributed by atoms with Gasteiger partial charge in [0.05, 0.1) is 18.0 Å². The Bertz CT molecular complexity index is 1140. The minimum Gasteiger partial charge on any atom is -0.454 e. The van der Waals surface area contributed by atoms with Gasteiger partial charge in [-0.1, -0.05) is 18.2 Å². The lowest BCUT2D eigenvalue weighted by Gasteiger charge is -2.08. The van der Waals surface area contributed by atoms with Crippen LogP contribution in [0.3, 0.4) is 0 Å². The van der Waals surface area contributed by atoms with Crippen molar-refractivity contribution in [1.29, 1.82) is 0 Å². The minimum absolute atomic E-state index is 0.229. The molecular weight excluding hydrogens is 406 g/mol.